The average molecular weight is 221 g/mol. The van der Waals surface area contributed by atoms with Crippen molar-refractivity contribution in [2.24, 2.45) is 0 Å². The minimum Gasteiger partial charge on any atom is -0.396 e. The fraction of sp³-hybridized carbons (Fsp3) is 1.00. The number of aliphatic hydroxyl groups is 1. The summed E-state index contributed by atoms with van der Waals surface area (Å²) in [6, 6.07) is 0.411. The molecule has 5 heteroatoms. The Labute approximate surface area is 85.6 Å². The second kappa shape index (κ2) is 5.09. The summed E-state index contributed by atoms with van der Waals surface area (Å²) in [6.07, 6.45) is 2.40. The number of nitrogens with one attached hydrogen (secondary N) is 1. The monoisotopic (exact) mass is 221 g/mol. The van der Waals surface area contributed by atoms with Crippen LogP contribution in [-0.2, 0) is 9.84 Å². The van der Waals surface area contributed by atoms with Crippen LogP contribution in [0.4, 0.5) is 0 Å². The molecular weight excluding hydrogens is 202 g/mol. The van der Waals surface area contributed by atoms with Crippen LogP contribution in [0.25, 0.3) is 0 Å². The molecule has 1 fully saturated rings. The molecule has 2 atom stereocenters. The fourth-order valence-electron chi connectivity index (χ4n) is 1.81. The number of hydrogen-bond acceptors (Lipinski definition) is 4. The third-order valence-corrected chi connectivity index (χ3v) is 4.32. The first kappa shape index (κ1) is 11.9. The van der Waals surface area contributed by atoms with Crippen LogP contribution in [-0.4, -0.2) is 43.7 Å². The lowest BCUT2D eigenvalue weighted by Crippen LogP contribution is -2.37. The fourth-order valence-corrected chi connectivity index (χ4v) is 3.50. The van der Waals surface area contributed by atoms with Gasteiger partial charge in [0.1, 0.15) is 0 Å². The van der Waals surface area contributed by atoms with Crippen molar-refractivity contribution in [1.82, 2.24) is 5.32 Å². The molecule has 0 amide bonds. The van der Waals surface area contributed by atoms with Crippen molar-refractivity contribution in [1.29, 1.82) is 0 Å². The zero-order valence-electron chi connectivity index (χ0n) is 8.57. The topological polar surface area (TPSA) is 66.4 Å². The Morgan fingerprint density at radius 2 is 2.29 bits per heavy atom. The summed E-state index contributed by atoms with van der Waals surface area (Å²) in [5.74, 6) is 0.591. The lowest BCUT2D eigenvalue weighted by molar-refractivity contribution is 0.274. The molecule has 84 valence electrons. The highest BCUT2D eigenvalue weighted by Gasteiger charge is 2.28. The summed E-state index contributed by atoms with van der Waals surface area (Å²) in [5, 5.41) is 11.9. The SMILES string of the molecule is CC(CCCO)NC1CCS(=O)(=O)C1. The summed E-state index contributed by atoms with van der Waals surface area (Å²) >= 11 is 0. The molecule has 0 saturated carbocycles. The maximum atomic E-state index is 11.2. The Bertz CT molecular complexity index is 263. The highest BCUT2D eigenvalue weighted by atomic mass is 32.2. The Morgan fingerprint density at radius 1 is 1.57 bits per heavy atom. The predicted octanol–water partition coefficient (Wildman–Crippen LogP) is -0.0759. The van der Waals surface area contributed by atoms with Crippen molar-refractivity contribution in [3.05, 3.63) is 0 Å². The van der Waals surface area contributed by atoms with Gasteiger partial charge in [0.15, 0.2) is 9.84 Å². The molecule has 0 aliphatic carbocycles. The summed E-state index contributed by atoms with van der Waals surface area (Å²) in [7, 11) is -2.77. The highest BCUT2D eigenvalue weighted by Crippen LogP contribution is 2.12. The molecule has 0 aromatic heterocycles. The van der Waals surface area contributed by atoms with Gasteiger partial charge in [-0.05, 0) is 26.2 Å². The van der Waals surface area contributed by atoms with Gasteiger partial charge in [0.25, 0.3) is 0 Å². The van der Waals surface area contributed by atoms with Gasteiger partial charge in [0.2, 0.25) is 0 Å². The van der Waals surface area contributed by atoms with E-state index in [-0.39, 0.29) is 18.4 Å². The summed E-state index contributed by atoms with van der Waals surface area (Å²) in [6.45, 7) is 2.23. The van der Waals surface area contributed by atoms with Crippen molar-refractivity contribution in [3.63, 3.8) is 0 Å². The number of rotatable bonds is 5. The van der Waals surface area contributed by atoms with E-state index in [9.17, 15) is 8.42 Å². The van der Waals surface area contributed by atoms with Crippen LogP contribution >= 0.6 is 0 Å². The van der Waals surface area contributed by atoms with Gasteiger partial charge in [0, 0.05) is 18.7 Å². The van der Waals surface area contributed by atoms with E-state index in [4.69, 9.17) is 5.11 Å². The molecule has 0 spiro atoms. The molecule has 1 aliphatic heterocycles. The van der Waals surface area contributed by atoms with Crippen molar-refractivity contribution < 1.29 is 13.5 Å². The van der Waals surface area contributed by atoms with Gasteiger partial charge < -0.3 is 10.4 Å². The quantitative estimate of drug-likeness (QED) is 0.681. The highest BCUT2D eigenvalue weighted by molar-refractivity contribution is 7.91. The number of hydrogen-bond donors (Lipinski definition) is 2. The van der Waals surface area contributed by atoms with E-state index in [2.05, 4.69) is 5.32 Å². The van der Waals surface area contributed by atoms with Gasteiger partial charge >= 0.3 is 0 Å². The van der Waals surface area contributed by atoms with E-state index in [1.165, 1.54) is 0 Å². The molecule has 1 rings (SSSR count). The molecule has 0 radical (unpaired) electrons. The third-order valence-electron chi connectivity index (χ3n) is 2.55. The van der Waals surface area contributed by atoms with Crippen LogP contribution in [0.3, 0.4) is 0 Å². The van der Waals surface area contributed by atoms with Crippen LogP contribution in [0.1, 0.15) is 26.2 Å². The van der Waals surface area contributed by atoms with Gasteiger partial charge in [-0.2, -0.15) is 0 Å². The molecule has 0 aromatic rings. The maximum Gasteiger partial charge on any atom is 0.151 e. The molecule has 2 unspecified atom stereocenters. The van der Waals surface area contributed by atoms with Crippen LogP contribution < -0.4 is 5.32 Å². The van der Waals surface area contributed by atoms with Crippen LogP contribution in [0.2, 0.25) is 0 Å². The predicted molar refractivity (Wildman–Crippen MR) is 56.0 cm³/mol. The molecule has 4 nitrogen and oxygen atoms in total. The minimum atomic E-state index is -2.77. The largest absolute Gasteiger partial charge is 0.396 e. The van der Waals surface area contributed by atoms with Gasteiger partial charge in [-0.15, -0.1) is 0 Å². The van der Waals surface area contributed by atoms with E-state index in [0.29, 0.717) is 11.8 Å². The van der Waals surface area contributed by atoms with Gasteiger partial charge in [-0.25, -0.2) is 8.42 Å². The Hall–Kier alpha value is -0.130. The summed E-state index contributed by atoms with van der Waals surface area (Å²) in [4.78, 5) is 0. The van der Waals surface area contributed by atoms with E-state index in [0.717, 1.165) is 19.3 Å². The molecular formula is C9H19NO3S. The lowest BCUT2D eigenvalue weighted by atomic mass is 10.1. The van der Waals surface area contributed by atoms with E-state index in [1.54, 1.807) is 0 Å². The first-order chi connectivity index (χ1) is 6.53. The Morgan fingerprint density at radius 3 is 2.79 bits per heavy atom. The second-order valence-electron chi connectivity index (χ2n) is 4.03. The van der Waals surface area contributed by atoms with Crippen molar-refractivity contribution in [3.8, 4) is 0 Å². The zero-order valence-corrected chi connectivity index (χ0v) is 9.39. The lowest BCUT2D eigenvalue weighted by Gasteiger charge is -2.17. The molecule has 1 heterocycles. The summed E-state index contributed by atoms with van der Waals surface area (Å²) < 4.78 is 22.3. The number of aliphatic hydroxyl groups excluding tert-OH is 1. The smallest absolute Gasteiger partial charge is 0.151 e. The van der Waals surface area contributed by atoms with Crippen LogP contribution in [0, 0.1) is 0 Å². The van der Waals surface area contributed by atoms with E-state index < -0.39 is 9.84 Å². The maximum absolute atomic E-state index is 11.2. The third kappa shape index (κ3) is 3.94. The van der Waals surface area contributed by atoms with E-state index in [1.807, 2.05) is 6.92 Å². The molecule has 1 saturated heterocycles. The van der Waals surface area contributed by atoms with Gasteiger partial charge in [0.05, 0.1) is 11.5 Å². The number of sulfone groups is 1. The molecule has 14 heavy (non-hydrogen) atoms. The molecule has 2 N–H and O–H groups in total. The van der Waals surface area contributed by atoms with Crippen molar-refractivity contribution in [2.45, 2.75) is 38.3 Å². The van der Waals surface area contributed by atoms with Crippen molar-refractivity contribution >= 4 is 9.84 Å². The first-order valence-corrected chi connectivity index (χ1v) is 6.93. The zero-order chi connectivity index (χ0) is 10.6. The normalized spacial score (nSPS) is 27.7. The molecule has 1 aliphatic rings. The van der Waals surface area contributed by atoms with Gasteiger partial charge in [-0.3, -0.25) is 0 Å². The van der Waals surface area contributed by atoms with Crippen LogP contribution in [0.5, 0.6) is 0 Å². The van der Waals surface area contributed by atoms with Crippen molar-refractivity contribution in [2.75, 3.05) is 18.1 Å². The van der Waals surface area contributed by atoms with E-state index >= 15 is 0 Å². The second-order valence-corrected chi connectivity index (χ2v) is 6.26. The van der Waals surface area contributed by atoms with Gasteiger partial charge in [-0.1, -0.05) is 0 Å². The first-order valence-electron chi connectivity index (χ1n) is 5.11. The average Bonchev–Trinajstić information content (AvgIpc) is 2.42. The van der Waals surface area contributed by atoms with Crippen LogP contribution in [0.15, 0.2) is 0 Å². The minimum absolute atomic E-state index is 0.119. The molecule has 0 bridgehead atoms. The standard InChI is InChI=1S/C9H19NO3S/c1-8(3-2-5-11)10-9-4-6-14(12,13)7-9/h8-11H,2-7H2,1H3. The summed E-state index contributed by atoms with van der Waals surface area (Å²) in [5.41, 5.74) is 0. The Kier molecular flexibility index (Phi) is 4.34. The Balaban J connectivity index is 2.25. The molecule has 0 aromatic carbocycles.